The van der Waals surface area contributed by atoms with Crippen molar-refractivity contribution in [2.24, 2.45) is 0 Å². The minimum atomic E-state index is 0.0707. The molecule has 106 valence electrons. The van der Waals surface area contributed by atoms with E-state index in [0.717, 1.165) is 52.1 Å². The number of rotatable bonds is 7. The van der Waals surface area contributed by atoms with Crippen molar-refractivity contribution in [2.45, 2.75) is 25.7 Å². The molecule has 2 heterocycles. The summed E-state index contributed by atoms with van der Waals surface area (Å²) in [6.45, 7) is 4.93. The molecule has 1 N–H and O–H groups in total. The lowest BCUT2D eigenvalue weighted by Gasteiger charge is -2.26. The molecule has 6 heteroatoms. The van der Waals surface area contributed by atoms with Gasteiger partial charge in [-0.05, 0) is 19.4 Å². The number of unbranched alkanes of at least 4 members (excludes halogenated alkanes) is 2. The number of nitrogens with one attached hydrogen (secondary N) is 1. The van der Waals surface area contributed by atoms with E-state index in [1.54, 1.807) is 6.20 Å². The molecule has 1 aliphatic heterocycles. The highest BCUT2D eigenvalue weighted by molar-refractivity contribution is 7.13. The third-order valence-electron chi connectivity index (χ3n) is 3.16. The van der Waals surface area contributed by atoms with Gasteiger partial charge in [-0.3, -0.25) is 9.69 Å². The predicted molar refractivity (Wildman–Crippen MR) is 76.5 cm³/mol. The molecule has 2 rings (SSSR count). The highest BCUT2D eigenvalue weighted by Crippen LogP contribution is 2.11. The molecule has 0 saturated carbocycles. The van der Waals surface area contributed by atoms with Crippen LogP contribution in [-0.4, -0.2) is 48.6 Å². The van der Waals surface area contributed by atoms with Gasteiger partial charge in [0.25, 0.3) is 0 Å². The number of amides is 1. The fourth-order valence-electron chi connectivity index (χ4n) is 2.09. The molecule has 1 aromatic heterocycles. The van der Waals surface area contributed by atoms with E-state index in [2.05, 4.69) is 15.2 Å². The van der Waals surface area contributed by atoms with Crippen molar-refractivity contribution in [3.63, 3.8) is 0 Å². The van der Waals surface area contributed by atoms with Crippen LogP contribution in [0.5, 0.6) is 0 Å². The summed E-state index contributed by atoms with van der Waals surface area (Å²) in [7, 11) is 0. The van der Waals surface area contributed by atoms with Crippen molar-refractivity contribution in [3.05, 3.63) is 11.6 Å². The molecule has 0 atom stereocenters. The van der Waals surface area contributed by atoms with Crippen LogP contribution >= 0.6 is 11.3 Å². The molecule has 1 fully saturated rings. The lowest BCUT2D eigenvalue weighted by atomic mass is 10.2. The number of hydrogen-bond acceptors (Lipinski definition) is 5. The average molecular weight is 283 g/mol. The van der Waals surface area contributed by atoms with Crippen LogP contribution in [0.4, 0.5) is 5.13 Å². The zero-order valence-corrected chi connectivity index (χ0v) is 12.0. The van der Waals surface area contributed by atoms with Crippen LogP contribution in [-0.2, 0) is 9.53 Å². The normalized spacial score (nSPS) is 16.4. The van der Waals surface area contributed by atoms with Gasteiger partial charge in [-0.25, -0.2) is 4.98 Å². The molecule has 0 radical (unpaired) electrons. The van der Waals surface area contributed by atoms with Gasteiger partial charge < -0.3 is 10.1 Å². The fraction of sp³-hybridized carbons (Fsp3) is 0.692. The van der Waals surface area contributed by atoms with Gasteiger partial charge in [-0.15, -0.1) is 11.3 Å². The van der Waals surface area contributed by atoms with Crippen LogP contribution in [0.25, 0.3) is 0 Å². The van der Waals surface area contributed by atoms with E-state index < -0.39 is 0 Å². The van der Waals surface area contributed by atoms with Gasteiger partial charge in [0.2, 0.25) is 5.91 Å². The highest BCUT2D eigenvalue weighted by Gasteiger charge is 2.09. The second-order valence-electron chi connectivity index (χ2n) is 4.65. The van der Waals surface area contributed by atoms with Gasteiger partial charge in [0.1, 0.15) is 0 Å². The minimum Gasteiger partial charge on any atom is -0.379 e. The lowest BCUT2D eigenvalue weighted by molar-refractivity contribution is -0.116. The maximum absolute atomic E-state index is 11.6. The monoisotopic (exact) mass is 283 g/mol. The maximum Gasteiger partial charge on any atom is 0.226 e. The highest BCUT2D eigenvalue weighted by atomic mass is 32.1. The zero-order valence-electron chi connectivity index (χ0n) is 11.1. The van der Waals surface area contributed by atoms with E-state index in [-0.39, 0.29) is 5.91 Å². The van der Waals surface area contributed by atoms with Gasteiger partial charge in [-0.1, -0.05) is 6.42 Å². The number of anilines is 1. The third kappa shape index (κ3) is 5.67. The van der Waals surface area contributed by atoms with Crippen LogP contribution in [0, 0.1) is 0 Å². The maximum atomic E-state index is 11.6. The predicted octanol–water partition coefficient (Wildman–Crippen LogP) is 1.97. The molecule has 0 bridgehead atoms. The van der Waals surface area contributed by atoms with Gasteiger partial charge >= 0.3 is 0 Å². The Morgan fingerprint density at radius 3 is 2.95 bits per heavy atom. The molecule has 5 nitrogen and oxygen atoms in total. The number of thiazole rings is 1. The molecular formula is C13H21N3O2S. The summed E-state index contributed by atoms with van der Waals surface area (Å²) in [5, 5.41) is 5.36. The number of ether oxygens (including phenoxy) is 1. The first-order chi connectivity index (χ1) is 9.34. The minimum absolute atomic E-state index is 0.0707. The van der Waals surface area contributed by atoms with E-state index in [9.17, 15) is 4.79 Å². The molecule has 1 aliphatic rings. The van der Waals surface area contributed by atoms with Crippen molar-refractivity contribution in [1.82, 2.24) is 9.88 Å². The van der Waals surface area contributed by atoms with Crippen LogP contribution in [0.1, 0.15) is 25.7 Å². The topological polar surface area (TPSA) is 54.5 Å². The Hall–Kier alpha value is -0.980. The smallest absolute Gasteiger partial charge is 0.226 e. The summed E-state index contributed by atoms with van der Waals surface area (Å²) in [4.78, 5) is 18.1. The lowest BCUT2D eigenvalue weighted by Crippen LogP contribution is -2.36. The summed E-state index contributed by atoms with van der Waals surface area (Å²) >= 11 is 1.45. The first-order valence-electron chi connectivity index (χ1n) is 6.84. The molecule has 0 aromatic carbocycles. The Balaban J connectivity index is 1.48. The van der Waals surface area contributed by atoms with Crippen LogP contribution < -0.4 is 5.32 Å². The van der Waals surface area contributed by atoms with Crippen LogP contribution in [0.3, 0.4) is 0 Å². The Kier molecular flexibility index (Phi) is 6.26. The SMILES string of the molecule is O=C(CCCCCN1CCOCC1)Nc1nccs1. The van der Waals surface area contributed by atoms with E-state index >= 15 is 0 Å². The van der Waals surface area contributed by atoms with Crippen molar-refractivity contribution in [2.75, 3.05) is 38.2 Å². The largest absolute Gasteiger partial charge is 0.379 e. The van der Waals surface area contributed by atoms with E-state index in [4.69, 9.17) is 4.74 Å². The summed E-state index contributed by atoms with van der Waals surface area (Å²) < 4.78 is 5.31. The van der Waals surface area contributed by atoms with Crippen LogP contribution in [0.15, 0.2) is 11.6 Å². The number of nitrogens with zero attached hydrogens (tertiary/aromatic N) is 2. The third-order valence-corrected chi connectivity index (χ3v) is 3.85. The van der Waals surface area contributed by atoms with E-state index in [1.165, 1.54) is 11.3 Å². The summed E-state index contributed by atoms with van der Waals surface area (Å²) in [6.07, 6.45) is 5.49. The quantitative estimate of drug-likeness (QED) is 0.777. The zero-order chi connectivity index (χ0) is 13.3. The average Bonchev–Trinajstić information content (AvgIpc) is 2.92. The summed E-state index contributed by atoms with van der Waals surface area (Å²) in [5.74, 6) is 0.0707. The van der Waals surface area contributed by atoms with E-state index in [0.29, 0.717) is 11.6 Å². The number of morpholine rings is 1. The van der Waals surface area contributed by atoms with Crippen LogP contribution in [0.2, 0.25) is 0 Å². The molecule has 0 aliphatic carbocycles. The Morgan fingerprint density at radius 2 is 2.21 bits per heavy atom. The number of carbonyl (C=O) groups excluding carboxylic acids is 1. The number of hydrogen-bond donors (Lipinski definition) is 1. The Bertz CT molecular complexity index is 364. The molecule has 0 unspecified atom stereocenters. The van der Waals surface area contributed by atoms with Gasteiger partial charge in [0.05, 0.1) is 13.2 Å². The van der Waals surface area contributed by atoms with Crippen molar-refractivity contribution >= 4 is 22.4 Å². The summed E-state index contributed by atoms with van der Waals surface area (Å²) in [6, 6.07) is 0. The van der Waals surface area contributed by atoms with Gasteiger partial charge in [0.15, 0.2) is 5.13 Å². The first kappa shape index (κ1) is 14.4. The molecule has 1 amide bonds. The number of carbonyl (C=O) groups is 1. The second kappa shape index (κ2) is 8.24. The Labute approximate surface area is 118 Å². The molecule has 0 spiro atoms. The number of aromatic nitrogens is 1. The standard InChI is InChI=1S/C13H21N3O2S/c17-12(15-13-14-5-11-19-13)4-2-1-3-6-16-7-9-18-10-8-16/h5,11H,1-4,6-10H2,(H,14,15,17). The van der Waals surface area contributed by atoms with Gasteiger partial charge in [0, 0.05) is 31.1 Å². The van der Waals surface area contributed by atoms with Crippen molar-refractivity contribution < 1.29 is 9.53 Å². The fourth-order valence-corrected chi connectivity index (χ4v) is 2.63. The van der Waals surface area contributed by atoms with Gasteiger partial charge in [-0.2, -0.15) is 0 Å². The molecule has 1 aromatic rings. The second-order valence-corrected chi connectivity index (χ2v) is 5.54. The molecule has 19 heavy (non-hydrogen) atoms. The summed E-state index contributed by atoms with van der Waals surface area (Å²) in [5.41, 5.74) is 0. The first-order valence-corrected chi connectivity index (χ1v) is 7.72. The Morgan fingerprint density at radius 1 is 1.37 bits per heavy atom. The molecular weight excluding hydrogens is 262 g/mol. The van der Waals surface area contributed by atoms with Crippen molar-refractivity contribution in [3.8, 4) is 0 Å². The molecule has 1 saturated heterocycles. The van der Waals surface area contributed by atoms with E-state index in [1.807, 2.05) is 5.38 Å². The van der Waals surface area contributed by atoms with Crippen molar-refractivity contribution in [1.29, 1.82) is 0 Å².